The van der Waals surface area contributed by atoms with Gasteiger partial charge in [0, 0.05) is 12.8 Å². The number of hydrogen-bond acceptors (Lipinski definition) is 2. The number of ketones is 1. The minimum Gasteiger partial charge on any atom is -0.303 e. The van der Waals surface area contributed by atoms with Crippen LogP contribution in [0.25, 0.3) is 0 Å². The predicted octanol–water partition coefficient (Wildman–Crippen LogP) is 1.10. The van der Waals surface area contributed by atoms with Gasteiger partial charge in [-0.15, -0.1) is 0 Å². The van der Waals surface area contributed by atoms with Gasteiger partial charge in [-0.1, -0.05) is 0 Å². The largest absolute Gasteiger partial charge is 0.449 e. The van der Waals surface area contributed by atoms with E-state index in [0.717, 1.165) is 0 Å². The van der Waals surface area contributed by atoms with E-state index in [1.807, 2.05) is 0 Å². The Morgan fingerprint density at radius 1 is 1.40 bits per heavy atom. The first-order valence-corrected chi connectivity index (χ1v) is 2.52. The van der Waals surface area contributed by atoms with Crippen molar-refractivity contribution in [1.29, 1.82) is 0 Å². The van der Waals surface area contributed by atoms with Crippen LogP contribution >= 0.6 is 0 Å². The highest BCUT2D eigenvalue weighted by molar-refractivity contribution is 5.85. The molecule has 0 fully saturated rings. The van der Waals surface area contributed by atoms with Crippen molar-refractivity contribution < 1.29 is 22.8 Å². The van der Waals surface area contributed by atoms with Crippen molar-refractivity contribution in [3.8, 4) is 0 Å². The van der Waals surface area contributed by atoms with E-state index < -0.39 is 18.4 Å². The number of alkyl halides is 3. The van der Waals surface area contributed by atoms with E-state index in [0.29, 0.717) is 0 Å². The van der Waals surface area contributed by atoms with Crippen LogP contribution < -0.4 is 0 Å². The molecular formula is C5H5F3O2. The summed E-state index contributed by atoms with van der Waals surface area (Å²) in [4.78, 5) is 19.5. The van der Waals surface area contributed by atoms with Gasteiger partial charge in [-0.3, -0.25) is 4.79 Å². The summed E-state index contributed by atoms with van der Waals surface area (Å²) in [6.07, 6.45) is -5.61. The predicted molar refractivity (Wildman–Crippen MR) is 26.4 cm³/mol. The minimum atomic E-state index is -4.79. The standard InChI is InChI=1S/C5H5F3O2/c6-5(7,8)4(10)2-1-3-9/h3H,1-2H2. The van der Waals surface area contributed by atoms with Gasteiger partial charge in [0.15, 0.2) is 0 Å². The van der Waals surface area contributed by atoms with Crippen molar-refractivity contribution in [2.45, 2.75) is 19.0 Å². The summed E-state index contributed by atoms with van der Waals surface area (Å²) in [7, 11) is 0. The molecule has 0 aromatic carbocycles. The Labute approximate surface area is 55.0 Å². The van der Waals surface area contributed by atoms with E-state index in [2.05, 4.69) is 0 Å². The van der Waals surface area contributed by atoms with E-state index in [4.69, 9.17) is 0 Å². The third-order valence-electron chi connectivity index (χ3n) is 0.805. The lowest BCUT2D eigenvalue weighted by molar-refractivity contribution is -0.171. The van der Waals surface area contributed by atoms with Gasteiger partial charge < -0.3 is 4.79 Å². The highest BCUT2D eigenvalue weighted by Crippen LogP contribution is 2.17. The molecule has 2 nitrogen and oxygen atoms in total. The fraction of sp³-hybridized carbons (Fsp3) is 0.600. The lowest BCUT2D eigenvalue weighted by Crippen LogP contribution is -2.22. The fourth-order valence-electron chi connectivity index (χ4n) is 0.332. The SMILES string of the molecule is O=CCCC(=O)C(F)(F)F. The molecule has 0 aliphatic rings. The van der Waals surface area contributed by atoms with E-state index in [-0.39, 0.29) is 12.7 Å². The highest BCUT2D eigenvalue weighted by Gasteiger charge is 2.36. The minimum absolute atomic E-state index is 0.281. The van der Waals surface area contributed by atoms with E-state index in [9.17, 15) is 22.8 Å². The Balaban J connectivity index is 3.74. The van der Waals surface area contributed by atoms with E-state index >= 15 is 0 Å². The summed E-state index contributed by atoms with van der Waals surface area (Å²) in [5, 5.41) is 0. The molecule has 0 unspecified atom stereocenters. The first-order chi connectivity index (χ1) is 4.48. The second-order valence-corrected chi connectivity index (χ2v) is 1.63. The molecule has 0 bridgehead atoms. The Bertz CT molecular complexity index is 138. The monoisotopic (exact) mass is 154 g/mol. The van der Waals surface area contributed by atoms with Crippen molar-refractivity contribution >= 4 is 12.1 Å². The molecule has 58 valence electrons. The number of hydrogen-bond donors (Lipinski definition) is 0. The van der Waals surface area contributed by atoms with Crippen LogP contribution in [0.2, 0.25) is 0 Å². The molecule has 0 aromatic rings. The topological polar surface area (TPSA) is 34.1 Å². The lowest BCUT2D eigenvalue weighted by atomic mass is 10.2. The molecule has 0 N–H and O–H groups in total. The van der Waals surface area contributed by atoms with Gasteiger partial charge in [0.05, 0.1) is 0 Å². The average molecular weight is 154 g/mol. The van der Waals surface area contributed by atoms with Crippen molar-refractivity contribution in [2.75, 3.05) is 0 Å². The molecule has 0 amide bonds. The molecule has 0 spiro atoms. The molecule has 0 aliphatic carbocycles. The number of aldehydes is 1. The van der Waals surface area contributed by atoms with Gasteiger partial charge in [-0.25, -0.2) is 0 Å². The van der Waals surface area contributed by atoms with Crippen LogP contribution in [-0.4, -0.2) is 18.2 Å². The Hall–Kier alpha value is -0.870. The van der Waals surface area contributed by atoms with Crippen molar-refractivity contribution in [3.05, 3.63) is 0 Å². The van der Waals surface area contributed by atoms with E-state index in [1.165, 1.54) is 0 Å². The Kier molecular flexibility index (Phi) is 3.05. The molecule has 0 aromatic heterocycles. The highest BCUT2D eigenvalue weighted by atomic mass is 19.4. The van der Waals surface area contributed by atoms with Gasteiger partial charge in [0.25, 0.3) is 0 Å². The zero-order valence-corrected chi connectivity index (χ0v) is 4.94. The number of carbonyl (C=O) groups excluding carboxylic acids is 2. The van der Waals surface area contributed by atoms with Crippen molar-refractivity contribution in [3.63, 3.8) is 0 Å². The van der Waals surface area contributed by atoms with Gasteiger partial charge in [-0.2, -0.15) is 13.2 Å². The summed E-state index contributed by atoms with van der Waals surface area (Å²) < 4.78 is 33.9. The maximum Gasteiger partial charge on any atom is 0.449 e. The molecule has 0 saturated heterocycles. The van der Waals surface area contributed by atoms with Crippen molar-refractivity contribution in [1.82, 2.24) is 0 Å². The number of rotatable bonds is 3. The van der Waals surface area contributed by atoms with Crippen LogP contribution in [0.1, 0.15) is 12.8 Å². The van der Waals surface area contributed by atoms with Crippen LogP contribution in [0.3, 0.4) is 0 Å². The van der Waals surface area contributed by atoms with Crippen LogP contribution in [0.5, 0.6) is 0 Å². The number of halogens is 3. The molecule has 10 heavy (non-hydrogen) atoms. The lowest BCUT2D eigenvalue weighted by Gasteiger charge is -2.00. The molecule has 0 atom stereocenters. The summed E-state index contributed by atoms with van der Waals surface area (Å²) in [6.45, 7) is 0. The number of Topliss-reactive ketones (excluding diaryl/α,β-unsaturated/α-hetero) is 1. The summed E-state index contributed by atoms with van der Waals surface area (Å²) in [5.74, 6) is -1.85. The summed E-state index contributed by atoms with van der Waals surface area (Å²) in [5.41, 5.74) is 0. The first-order valence-electron chi connectivity index (χ1n) is 2.52. The van der Waals surface area contributed by atoms with E-state index in [1.54, 1.807) is 0 Å². The molecule has 0 radical (unpaired) electrons. The third-order valence-corrected chi connectivity index (χ3v) is 0.805. The average Bonchev–Trinajstić information content (AvgIpc) is 1.80. The zero-order valence-electron chi connectivity index (χ0n) is 4.94. The Morgan fingerprint density at radius 3 is 2.20 bits per heavy atom. The smallest absolute Gasteiger partial charge is 0.303 e. The fourth-order valence-corrected chi connectivity index (χ4v) is 0.332. The molecule has 5 heteroatoms. The normalized spacial score (nSPS) is 11.1. The molecular weight excluding hydrogens is 149 g/mol. The van der Waals surface area contributed by atoms with Gasteiger partial charge >= 0.3 is 6.18 Å². The Morgan fingerprint density at radius 2 is 1.90 bits per heavy atom. The molecule has 0 rings (SSSR count). The first kappa shape index (κ1) is 9.13. The zero-order chi connectivity index (χ0) is 8.20. The van der Waals surface area contributed by atoms with Crippen molar-refractivity contribution in [2.24, 2.45) is 0 Å². The van der Waals surface area contributed by atoms with Crippen LogP contribution in [0.15, 0.2) is 0 Å². The van der Waals surface area contributed by atoms with Crippen LogP contribution in [0.4, 0.5) is 13.2 Å². The molecule has 0 saturated carbocycles. The summed E-state index contributed by atoms with van der Waals surface area (Å²) >= 11 is 0. The number of carbonyl (C=O) groups is 2. The van der Waals surface area contributed by atoms with Crippen LogP contribution in [-0.2, 0) is 9.59 Å². The quantitative estimate of drug-likeness (QED) is 0.570. The maximum atomic E-state index is 11.3. The third kappa shape index (κ3) is 3.21. The van der Waals surface area contributed by atoms with Gasteiger partial charge in [0.2, 0.25) is 5.78 Å². The summed E-state index contributed by atoms with van der Waals surface area (Å²) in [6, 6.07) is 0. The second-order valence-electron chi connectivity index (χ2n) is 1.63. The van der Waals surface area contributed by atoms with Gasteiger partial charge in [0.1, 0.15) is 6.29 Å². The second kappa shape index (κ2) is 3.34. The van der Waals surface area contributed by atoms with Gasteiger partial charge in [-0.05, 0) is 0 Å². The molecule has 0 aliphatic heterocycles. The molecule has 0 heterocycles. The van der Waals surface area contributed by atoms with Crippen LogP contribution in [0, 0.1) is 0 Å². The maximum absolute atomic E-state index is 11.3.